The number of hydrogen-bond acceptors (Lipinski definition) is 3. The second kappa shape index (κ2) is 7.68. The Morgan fingerprint density at radius 3 is 2.78 bits per heavy atom. The van der Waals surface area contributed by atoms with Crippen molar-refractivity contribution in [3.63, 3.8) is 0 Å². The van der Waals surface area contributed by atoms with Crippen LogP contribution < -0.4 is 10.6 Å². The van der Waals surface area contributed by atoms with E-state index in [2.05, 4.69) is 27.4 Å². The van der Waals surface area contributed by atoms with Crippen LogP contribution in [-0.4, -0.2) is 49.3 Å². The van der Waals surface area contributed by atoms with E-state index in [1.807, 2.05) is 7.05 Å². The first-order valence-corrected chi connectivity index (χ1v) is 10.1. The van der Waals surface area contributed by atoms with Crippen LogP contribution in [-0.2, 0) is 4.74 Å². The summed E-state index contributed by atoms with van der Waals surface area (Å²) < 4.78 is 6.07. The lowest BCUT2D eigenvalue weighted by atomic mass is 9.54. The van der Waals surface area contributed by atoms with Gasteiger partial charge in [0, 0.05) is 42.8 Å². The molecule has 2 saturated heterocycles. The molecule has 0 bridgehead atoms. The molecular weight excluding hydrogens is 421 g/mol. The highest BCUT2D eigenvalue weighted by Crippen LogP contribution is 2.60. The Morgan fingerprint density at radius 1 is 1.26 bits per heavy atom. The summed E-state index contributed by atoms with van der Waals surface area (Å²) in [5, 5.41) is 8.12. The van der Waals surface area contributed by atoms with Crippen molar-refractivity contribution in [3.8, 4) is 0 Å². The van der Waals surface area contributed by atoms with Gasteiger partial charge in [0.2, 0.25) is 0 Å². The Labute approximate surface area is 161 Å². The highest BCUT2D eigenvalue weighted by molar-refractivity contribution is 14.0. The van der Waals surface area contributed by atoms with Crippen LogP contribution >= 0.6 is 35.7 Å². The minimum absolute atomic E-state index is 0. The quantitative estimate of drug-likeness (QED) is 0.394. The number of thioether (sulfide) groups is 1. The van der Waals surface area contributed by atoms with Gasteiger partial charge in [-0.25, -0.2) is 0 Å². The summed E-state index contributed by atoms with van der Waals surface area (Å²) in [7, 11) is 1.90. The van der Waals surface area contributed by atoms with Crippen molar-refractivity contribution >= 4 is 41.7 Å². The third kappa shape index (κ3) is 3.24. The average Bonchev–Trinajstić information content (AvgIpc) is 3.27. The fourth-order valence-electron chi connectivity index (χ4n) is 5.26. The molecule has 2 heterocycles. The van der Waals surface area contributed by atoms with Crippen LogP contribution in [0.1, 0.15) is 44.9 Å². The van der Waals surface area contributed by atoms with Crippen LogP contribution in [0.4, 0.5) is 0 Å². The lowest BCUT2D eigenvalue weighted by Gasteiger charge is -2.57. The highest BCUT2D eigenvalue weighted by atomic mass is 127. The Morgan fingerprint density at radius 2 is 2.09 bits per heavy atom. The molecule has 0 aromatic rings. The molecule has 4 unspecified atom stereocenters. The molecule has 2 aliphatic carbocycles. The van der Waals surface area contributed by atoms with Gasteiger partial charge in [-0.3, -0.25) is 4.99 Å². The Bertz CT molecular complexity index is 436. The monoisotopic (exact) mass is 451 g/mol. The Hall–Kier alpha value is 0.310. The average molecular weight is 451 g/mol. The Kier molecular flexibility index (Phi) is 6.05. The van der Waals surface area contributed by atoms with Crippen molar-refractivity contribution in [1.29, 1.82) is 0 Å². The summed E-state index contributed by atoms with van der Waals surface area (Å²) in [6, 6.07) is 0.574. The van der Waals surface area contributed by atoms with E-state index in [4.69, 9.17) is 4.74 Å². The fraction of sp³-hybridized carbons (Fsp3) is 0.941. The molecule has 4 fully saturated rings. The number of hydrogen-bond donors (Lipinski definition) is 2. The van der Waals surface area contributed by atoms with Gasteiger partial charge in [-0.1, -0.05) is 12.8 Å². The fourth-order valence-corrected chi connectivity index (χ4v) is 6.46. The molecule has 132 valence electrons. The number of halogens is 1. The first-order valence-electron chi connectivity index (χ1n) is 9.04. The Balaban J connectivity index is 0.00000156. The summed E-state index contributed by atoms with van der Waals surface area (Å²) in [5.41, 5.74) is 0.404. The summed E-state index contributed by atoms with van der Waals surface area (Å²) in [5.74, 6) is 3.04. The topological polar surface area (TPSA) is 45.7 Å². The van der Waals surface area contributed by atoms with Crippen LogP contribution in [0.15, 0.2) is 4.99 Å². The summed E-state index contributed by atoms with van der Waals surface area (Å²) >= 11 is 2.10. The molecule has 2 saturated carbocycles. The van der Waals surface area contributed by atoms with E-state index in [1.54, 1.807) is 0 Å². The zero-order valence-electron chi connectivity index (χ0n) is 14.1. The van der Waals surface area contributed by atoms with Crippen LogP contribution in [0.3, 0.4) is 0 Å². The number of fused-ring (bicyclic) bond motifs is 2. The highest BCUT2D eigenvalue weighted by Gasteiger charge is 2.65. The lowest BCUT2D eigenvalue weighted by molar-refractivity contribution is -0.125. The number of nitrogens with zero attached hydrogens (tertiary/aromatic N) is 1. The van der Waals surface area contributed by atoms with Gasteiger partial charge in [0.1, 0.15) is 0 Å². The van der Waals surface area contributed by atoms with Crippen molar-refractivity contribution in [2.75, 3.05) is 26.0 Å². The number of nitrogens with one attached hydrogen (secondary N) is 2. The van der Waals surface area contributed by atoms with Crippen molar-refractivity contribution in [2.24, 2.45) is 16.3 Å². The zero-order chi connectivity index (χ0) is 15.0. The molecule has 4 nitrogen and oxygen atoms in total. The predicted octanol–water partition coefficient (Wildman–Crippen LogP) is 3.01. The van der Waals surface area contributed by atoms with E-state index in [9.17, 15) is 0 Å². The molecule has 0 radical (unpaired) electrons. The lowest BCUT2D eigenvalue weighted by Crippen LogP contribution is -2.69. The molecule has 1 spiro atoms. The van der Waals surface area contributed by atoms with Gasteiger partial charge < -0.3 is 15.4 Å². The van der Waals surface area contributed by atoms with Crippen molar-refractivity contribution < 1.29 is 4.74 Å². The minimum atomic E-state index is 0. The van der Waals surface area contributed by atoms with Gasteiger partial charge in [-0.2, -0.15) is 11.8 Å². The maximum Gasteiger partial charge on any atom is 0.191 e. The normalized spacial score (nSPS) is 38.0. The molecule has 4 rings (SSSR count). The van der Waals surface area contributed by atoms with Gasteiger partial charge in [-0.15, -0.1) is 24.0 Å². The standard InChI is InChI=1S/C17H29N3OS.HI/c1-18-16(19-11-12-5-4-10-22-12)20-14-13-6-9-21-15(13)17(14)7-2-3-8-17;/h12-15H,2-11H2,1H3,(H2,18,19,20);1H. The van der Waals surface area contributed by atoms with Crippen LogP contribution in [0.5, 0.6) is 0 Å². The number of ether oxygens (including phenoxy) is 1. The molecule has 23 heavy (non-hydrogen) atoms. The molecule has 0 aromatic carbocycles. The smallest absolute Gasteiger partial charge is 0.191 e. The van der Waals surface area contributed by atoms with Gasteiger partial charge in [0.05, 0.1) is 6.10 Å². The van der Waals surface area contributed by atoms with Crippen LogP contribution in [0.25, 0.3) is 0 Å². The van der Waals surface area contributed by atoms with Gasteiger partial charge in [0.25, 0.3) is 0 Å². The molecule has 2 aliphatic heterocycles. The largest absolute Gasteiger partial charge is 0.377 e. The van der Waals surface area contributed by atoms with Gasteiger partial charge in [-0.05, 0) is 37.9 Å². The van der Waals surface area contributed by atoms with Gasteiger partial charge in [0.15, 0.2) is 5.96 Å². The van der Waals surface area contributed by atoms with Crippen molar-refractivity contribution in [3.05, 3.63) is 0 Å². The van der Waals surface area contributed by atoms with Crippen LogP contribution in [0.2, 0.25) is 0 Å². The first-order chi connectivity index (χ1) is 10.8. The van der Waals surface area contributed by atoms with E-state index in [-0.39, 0.29) is 24.0 Å². The molecule has 4 atom stereocenters. The van der Waals surface area contributed by atoms with E-state index in [0.717, 1.165) is 24.4 Å². The molecular formula is C17H30IN3OS. The first kappa shape index (κ1) is 18.1. The van der Waals surface area contributed by atoms with Crippen LogP contribution in [0, 0.1) is 11.3 Å². The summed E-state index contributed by atoms with van der Waals surface area (Å²) in [4.78, 5) is 4.48. The number of aliphatic imine (C=N–C) groups is 1. The van der Waals surface area contributed by atoms with E-state index < -0.39 is 0 Å². The molecule has 0 aromatic heterocycles. The van der Waals surface area contributed by atoms with Crippen molar-refractivity contribution in [2.45, 2.75) is 62.3 Å². The maximum atomic E-state index is 6.07. The van der Waals surface area contributed by atoms with E-state index in [1.165, 1.54) is 50.7 Å². The molecule has 6 heteroatoms. The molecule has 2 N–H and O–H groups in total. The molecule has 4 aliphatic rings. The zero-order valence-corrected chi connectivity index (χ0v) is 17.2. The van der Waals surface area contributed by atoms with E-state index in [0.29, 0.717) is 23.5 Å². The second-order valence-electron chi connectivity index (χ2n) is 7.39. The van der Waals surface area contributed by atoms with Crippen molar-refractivity contribution in [1.82, 2.24) is 10.6 Å². The number of rotatable bonds is 3. The molecule has 0 amide bonds. The van der Waals surface area contributed by atoms with E-state index >= 15 is 0 Å². The predicted molar refractivity (Wildman–Crippen MR) is 108 cm³/mol. The third-order valence-corrected chi connectivity index (χ3v) is 7.72. The SMILES string of the molecule is CN=C(NCC1CCCS1)NC1C2CCOC2C12CCCC2.I. The maximum absolute atomic E-state index is 6.07. The second-order valence-corrected chi connectivity index (χ2v) is 8.80. The summed E-state index contributed by atoms with van der Waals surface area (Å²) in [6.07, 6.45) is 9.87. The minimum Gasteiger partial charge on any atom is -0.377 e. The number of guanidine groups is 1. The summed E-state index contributed by atoms with van der Waals surface area (Å²) in [6.45, 7) is 2.01. The third-order valence-electron chi connectivity index (χ3n) is 6.32. The van der Waals surface area contributed by atoms with Gasteiger partial charge >= 0.3 is 0 Å².